The smallest absolute Gasteiger partial charge is 0.233 e. The number of hydrogen-bond donors (Lipinski definition) is 0. The highest BCUT2D eigenvalue weighted by Gasteiger charge is 2.14. The first-order chi connectivity index (χ1) is 14.1. The van der Waals surface area contributed by atoms with E-state index in [4.69, 9.17) is 9.47 Å². The molecule has 0 saturated heterocycles. The van der Waals surface area contributed by atoms with Crippen LogP contribution in [0.2, 0.25) is 0 Å². The Morgan fingerprint density at radius 3 is 2.55 bits per heavy atom. The average molecular weight is 414 g/mol. The maximum atomic E-state index is 12.5. The molecule has 0 saturated carbocycles. The number of hydrogen-bond acceptors (Lipinski definition) is 7. The minimum absolute atomic E-state index is 0.00295. The van der Waals surface area contributed by atoms with E-state index in [1.165, 1.54) is 11.8 Å². The lowest BCUT2D eigenvalue weighted by molar-refractivity contribution is -0.127. The van der Waals surface area contributed by atoms with Crippen LogP contribution in [-0.2, 0) is 17.9 Å². The average Bonchev–Trinajstić information content (AvgIpc) is 3.19. The van der Waals surface area contributed by atoms with Crippen LogP contribution < -0.4 is 9.47 Å². The highest BCUT2D eigenvalue weighted by atomic mass is 32.2. The number of thioether (sulfide) groups is 1. The Hall–Kier alpha value is -3.07. The fourth-order valence-electron chi connectivity index (χ4n) is 2.67. The van der Waals surface area contributed by atoms with Gasteiger partial charge in [-0.05, 0) is 45.8 Å². The van der Waals surface area contributed by atoms with Gasteiger partial charge in [-0.1, -0.05) is 36.0 Å². The van der Waals surface area contributed by atoms with E-state index in [2.05, 4.69) is 15.5 Å². The van der Waals surface area contributed by atoms with Crippen molar-refractivity contribution >= 4 is 17.7 Å². The zero-order valence-corrected chi connectivity index (χ0v) is 17.4. The Labute approximate surface area is 173 Å². The van der Waals surface area contributed by atoms with Crippen LogP contribution in [0.25, 0.3) is 0 Å². The third-order valence-electron chi connectivity index (χ3n) is 4.29. The van der Waals surface area contributed by atoms with Crippen molar-refractivity contribution < 1.29 is 14.3 Å². The summed E-state index contributed by atoms with van der Waals surface area (Å²) in [5.74, 6) is 1.82. The molecule has 0 aliphatic heterocycles. The molecule has 9 heteroatoms. The quantitative estimate of drug-likeness (QED) is 0.499. The molecule has 0 unspecified atom stereocenters. The van der Waals surface area contributed by atoms with Crippen molar-refractivity contribution in [2.24, 2.45) is 0 Å². The Morgan fingerprint density at radius 2 is 1.83 bits per heavy atom. The van der Waals surface area contributed by atoms with Gasteiger partial charge in [-0.2, -0.15) is 0 Å². The largest absolute Gasteiger partial charge is 0.497 e. The molecule has 0 aliphatic carbocycles. The second kappa shape index (κ2) is 9.92. The van der Waals surface area contributed by atoms with E-state index < -0.39 is 0 Å². The maximum Gasteiger partial charge on any atom is 0.233 e. The molecule has 0 fully saturated rings. The van der Waals surface area contributed by atoms with Crippen LogP contribution in [0.15, 0.2) is 53.7 Å². The van der Waals surface area contributed by atoms with Crippen molar-refractivity contribution in [3.63, 3.8) is 0 Å². The van der Waals surface area contributed by atoms with Gasteiger partial charge >= 0.3 is 0 Å². The molecular formula is C20H23N5O3S. The molecule has 0 radical (unpaired) electrons. The summed E-state index contributed by atoms with van der Waals surface area (Å²) in [6, 6.07) is 15.4. The highest BCUT2D eigenvalue weighted by Crippen LogP contribution is 2.18. The summed E-state index contributed by atoms with van der Waals surface area (Å²) in [5.41, 5.74) is 2.05. The second-order valence-electron chi connectivity index (χ2n) is 6.36. The van der Waals surface area contributed by atoms with Crippen LogP contribution in [0.4, 0.5) is 0 Å². The predicted octanol–water partition coefficient (Wildman–Crippen LogP) is 2.49. The highest BCUT2D eigenvalue weighted by molar-refractivity contribution is 7.99. The van der Waals surface area contributed by atoms with Gasteiger partial charge in [0.25, 0.3) is 0 Å². The van der Waals surface area contributed by atoms with Gasteiger partial charge in [0.05, 0.1) is 26.5 Å². The van der Waals surface area contributed by atoms with Gasteiger partial charge in [0.15, 0.2) is 0 Å². The number of benzene rings is 2. The van der Waals surface area contributed by atoms with Crippen molar-refractivity contribution in [1.82, 2.24) is 25.1 Å². The van der Waals surface area contributed by atoms with Crippen molar-refractivity contribution in [2.45, 2.75) is 18.2 Å². The van der Waals surface area contributed by atoms with E-state index in [9.17, 15) is 4.79 Å². The van der Waals surface area contributed by atoms with Crippen molar-refractivity contribution in [1.29, 1.82) is 0 Å². The van der Waals surface area contributed by atoms with Crippen LogP contribution >= 0.6 is 11.8 Å². The zero-order chi connectivity index (χ0) is 20.6. The minimum atomic E-state index is -0.00295. The summed E-state index contributed by atoms with van der Waals surface area (Å²) in [4.78, 5) is 14.2. The molecular weight excluding hydrogens is 390 g/mol. The summed E-state index contributed by atoms with van der Waals surface area (Å²) < 4.78 is 12.1. The van der Waals surface area contributed by atoms with Gasteiger partial charge < -0.3 is 14.4 Å². The zero-order valence-electron chi connectivity index (χ0n) is 16.6. The number of carbonyl (C=O) groups excluding carboxylic acids is 1. The number of carbonyl (C=O) groups is 1. The molecule has 0 N–H and O–H groups in total. The van der Waals surface area contributed by atoms with E-state index in [1.54, 1.807) is 30.8 Å². The first-order valence-corrected chi connectivity index (χ1v) is 9.96. The van der Waals surface area contributed by atoms with Crippen LogP contribution in [0.3, 0.4) is 0 Å². The molecule has 0 aliphatic rings. The third-order valence-corrected chi connectivity index (χ3v) is 5.24. The minimum Gasteiger partial charge on any atom is -0.497 e. The van der Waals surface area contributed by atoms with E-state index >= 15 is 0 Å². The number of nitrogens with zero attached hydrogens (tertiary/aromatic N) is 5. The molecule has 3 aromatic rings. The second-order valence-corrected chi connectivity index (χ2v) is 7.30. The van der Waals surface area contributed by atoms with E-state index in [0.29, 0.717) is 18.2 Å². The fourth-order valence-corrected chi connectivity index (χ4v) is 3.49. The SMILES string of the molecule is COc1ccc(Cn2nnnc2SCC(=O)N(C)Cc2cccc(OC)c2)cc1. The van der Waals surface area contributed by atoms with Gasteiger partial charge in [0.1, 0.15) is 11.5 Å². The molecule has 0 bridgehead atoms. The first-order valence-electron chi connectivity index (χ1n) is 8.98. The van der Waals surface area contributed by atoms with Crippen molar-refractivity contribution in [3.8, 4) is 11.5 Å². The molecule has 2 aromatic carbocycles. The standard InChI is InChI=1S/C20H23N5O3S/c1-24(12-16-5-4-6-18(11-16)28-3)19(26)14-29-20-21-22-23-25(20)13-15-7-9-17(27-2)10-8-15/h4-11H,12-14H2,1-3H3. The molecule has 152 valence electrons. The summed E-state index contributed by atoms with van der Waals surface area (Å²) in [6.07, 6.45) is 0. The summed E-state index contributed by atoms with van der Waals surface area (Å²) in [5, 5.41) is 12.4. The predicted molar refractivity (Wildman–Crippen MR) is 110 cm³/mol. The molecule has 0 spiro atoms. The Kier molecular flexibility index (Phi) is 7.07. The number of tetrazole rings is 1. The monoisotopic (exact) mass is 413 g/mol. The van der Waals surface area contributed by atoms with Crippen molar-refractivity contribution in [2.75, 3.05) is 27.0 Å². The summed E-state index contributed by atoms with van der Waals surface area (Å²) in [7, 11) is 5.04. The Balaban J connectivity index is 1.55. The topological polar surface area (TPSA) is 82.4 Å². The molecule has 3 rings (SSSR count). The van der Waals surface area contributed by atoms with Gasteiger partial charge in [-0.15, -0.1) is 5.10 Å². The summed E-state index contributed by atoms with van der Waals surface area (Å²) in [6.45, 7) is 1.03. The van der Waals surface area contributed by atoms with Crippen LogP contribution in [0.1, 0.15) is 11.1 Å². The molecule has 1 heterocycles. The lowest BCUT2D eigenvalue weighted by Crippen LogP contribution is -2.28. The lowest BCUT2D eigenvalue weighted by atomic mass is 10.2. The first kappa shape index (κ1) is 20.7. The lowest BCUT2D eigenvalue weighted by Gasteiger charge is -2.17. The Bertz CT molecular complexity index is 945. The van der Waals surface area contributed by atoms with Gasteiger partial charge in [-0.25, -0.2) is 4.68 Å². The molecule has 29 heavy (non-hydrogen) atoms. The Morgan fingerprint density at radius 1 is 1.07 bits per heavy atom. The fraction of sp³-hybridized carbons (Fsp3) is 0.300. The number of rotatable bonds is 9. The number of ether oxygens (including phenoxy) is 2. The number of aromatic nitrogens is 4. The number of methoxy groups -OCH3 is 2. The van der Waals surface area contributed by atoms with Crippen LogP contribution in [-0.4, -0.2) is 58.0 Å². The van der Waals surface area contributed by atoms with E-state index in [1.807, 2.05) is 48.5 Å². The third kappa shape index (κ3) is 5.71. The summed E-state index contributed by atoms with van der Waals surface area (Å²) >= 11 is 1.32. The van der Waals surface area contributed by atoms with Crippen LogP contribution in [0, 0.1) is 0 Å². The van der Waals surface area contributed by atoms with Gasteiger partial charge in [-0.3, -0.25) is 4.79 Å². The van der Waals surface area contributed by atoms with Gasteiger partial charge in [0.2, 0.25) is 11.1 Å². The van der Waals surface area contributed by atoms with E-state index in [-0.39, 0.29) is 11.7 Å². The normalized spacial score (nSPS) is 10.6. The van der Waals surface area contributed by atoms with Crippen LogP contribution in [0.5, 0.6) is 11.5 Å². The van der Waals surface area contributed by atoms with E-state index in [0.717, 1.165) is 22.6 Å². The maximum absolute atomic E-state index is 12.5. The molecule has 1 amide bonds. The van der Waals surface area contributed by atoms with Crippen molar-refractivity contribution in [3.05, 3.63) is 59.7 Å². The van der Waals surface area contributed by atoms with Gasteiger partial charge in [0, 0.05) is 13.6 Å². The molecule has 0 atom stereocenters. The number of amides is 1. The molecule has 1 aromatic heterocycles. The molecule has 8 nitrogen and oxygen atoms in total.